The van der Waals surface area contributed by atoms with Gasteiger partial charge in [0.05, 0.1) is 42.6 Å². The third-order valence-corrected chi connectivity index (χ3v) is 11.7. The summed E-state index contributed by atoms with van der Waals surface area (Å²) in [7, 11) is 0. The van der Waals surface area contributed by atoms with Crippen LogP contribution in [0.15, 0.2) is 86.2 Å². The van der Waals surface area contributed by atoms with E-state index in [4.69, 9.17) is 14.2 Å². The first kappa shape index (κ1) is 84.8. The molecule has 0 aromatic heterocycles. The molecule has 5 atom stereocenters. The number of benzene rings is 3. The van der Waals surface area contributed by atoms with Crippen molar-refractivity contribution in [3.05, 3.63) is 97.4 Å². The Bertz CT molecular complexity index is 2660. The van der Waals surface area contributed by atoms with Gasteiger partial charge in [0.2, 0.25) is 17.1 Å². The molecule has 3 aromatic rings. The molecule has 8 N–H and O–H groups in total. The first-order chi connectivity index (χ1) is 39.0. The van der Waals surface area contributed by atoms with E-state index in [1.165, 1.54) is 19.1 Å². The molecule has 3 radical (unpaired) electrons. The number of alkyl carbamates (subject to hydrolysis) is 4. The second-order valence-electron chi connectivity index (χ2n) is 20.1. The molecule has 3 aromatic carbocycles. The van der Waals surface area contributed by atoms with Crippen LogP contribution < -0.4 is 72.1 Å². The fourth-order valence-electron chi connectivity index (χ4n) is 7.46. The van der Waals surface area contributed by atoms with Crippen LogP contribution in [-0.2, 0) is 42.9 Å². The summed E-state index contributed by atoms with van der Waals surface area (Å²) in [6.07, 6.45) is 0.689. The monoisotopic (exact) mass is 1420 g/mol. The Balaban J connectivity index is -0.000000500. The summed E-state index contributed by atoms with van der Waals surface area (Å²) >= 11 is 14.9. The topological polar surface area (TPSA) is 301 Å². The molecule has 2 aliphatic rings. The maximum atomic E-state index is 11.9. The maximum Gasteiger partial charge on any atom is 1.00 e. The standard InChI is InChI=1S/C16H21BrN2O3.C14H19BrN2O3.C14H19BrN2O2.C8H13NO3.C4H9NO2.C2H3ClO.B.Na.H/c1-9(2)22-16(21)18-14-7-10(3)19(11(4)20)15-6-5-12(17)8-13(14)15;1-9(2)20-14(19)17-13(18)8-10(3)16-12-6-4-11(15)5-7-12;1-8(2)19-14(18)17-13-6-9(3)16-12-5-4-10(15)7-11(12)13;1-4-5-7(10)9-8(11)12-6(2)3;1-3(2)7-4(5)6;1-2(3)4;;;/h5-6,8-10,14H,7H2,1-4H3,(H,18,21);4-7,9-10,16H,8H2,1-3H3,(H,17,18,19);4-5,7-9,13,16H,6H2,1-3H3,(H,17,18);4-6H,1-3H3,(H,9,10,11);3H,1-2H3,(H2,5,6);1H3;;;/q;;;;;;;+1;-1/b;;;5-4+;;;;;/t10-,14+;10-;9-,13+;;;;;;/m000....../s1. The molecule has 0 aliphatic carbocycles. The average molecular weight is 1430 g/mol. The van der Waals surface area contributed by atoms with Crippen LogP contribution >= 0.6 is 59.4 Å². The molecule has 86 heavy (non-hydrogen) atoms. The number of nitrogens with two attached hydrogens (primary N) is 1. The van der Waals surface area contributed by atoms with Crippen LogP contribution in [0.5, 0.6) is 0 Å². The van der Waals surface area contributed by atoms with E-state index in [2.05, 4.69) is 108 Å². The molecule has 2 heterocycles. The van der Waals surface area contributed by atoms with Gasteiger partial charge in [0, 0.05) is 77.3 Å². The summed E-state index contributed by atoms with van der Waals surface area (Å²) in [5.41, 5.74) is 9.46. The van der Waals surface area contributed by atoms with E-state index >= 15 is 0 Å². The van der Waals surface area contributed by atoms with Gasteiger partial charge < -0.3 is 57.0 Å². The van der Waals surface area contributed by atoms with Crippen LogP contribution in [0, 0.1) is 0 Å². The van der Waals surface area contributed by atoms with Crippen molar-refractivity contribution in [3.63, 3.8) is 0 Å². The Morgan fingerprint density at radius 2 is 1.07 bits per heavy atom. The van der Waals surface area contributed by atoms with Crippen LogP contribution in [0.3, 0.4) is 0 Å². The van der Waals surface area contributed by atoms with Gasteiger partial charge in [-0.2, -0.15) is 0 Å². The van der Waals surface area contributed by atoms with E-state index in [0.717, 1.165) is 48.0 Å². The Morgan fingerprint density at radius 1 is 0.651 bits per heavy atom. The van der Waals surface area contributed by atoms with Gasteiger partial charge in [-0.1, -0.05) is 53.9 Å². The van der Waals surface area contributed by atoms with Gasteiger partial charge in [0.25, 0.3) is 5.91 Å². The minimum Gasteiger partial charge on any atom is -1.00 e. The van der Waals surface area contributed by atoms with Crippen LogP contribution in [0.1, 0.15) is 155 Å². The number of imide groups is 2. The first-order valence-electron chi connectivity index (χ1n) is 26.9. The van der Waals surface area contributed by atoms with Crippen molar-refractivity contribution in [1.29, 1.82) is 0 Å². The van der Waals surface area contributed by atoms with Gasteiger partial charge in [-0.15, -0.1) is 0 Å². The minimum atomic E-state index is -0.715. The molecule has 22 nitrogen and oxygen atoms in total. The van der Waals surface area contributed by atoms with Crippen molar-refractivity contribution in [3.8, 4) is 0 Å². The number of rotatable bonds is 12. The number of amides is 8. The van der Waals surface area contributed by atoms with Crippen molar-refractivity contribution in [1.82, 2.24) is 21.3 Å². The van der Waals surface area contributed by atoms with Gasteiger partial charge in [0.1, 0.15) is 0 Å². The van der Waals surface area contributed by atoms with Gasteiger partial charge >= 0.3 is 60.0 Å². The minimum absolute atomic E-state index is 0. The van der Waals surface area contributed by atoms with Crippen LogP contribution in [0.2, 0.25) is 0 Å². The molecule has 0 unspecified atom stereocenters. The number of hydrogen-bond acceptors (Lipinski definition) is 16. The normalized spacial score (nSPS) is 15.2. The molecule has 0 saturated carbocycles. The van der Waals surface area contributed by atoms with Crippen LogP contribution in [-0.4, -0.2) is 110 Å². The third kappa shape index (κ3) is 39.4. The number of hydrogen-bond donors (Lipinski definition) is 7. The van der Waals surface area contributed by atoms with E-state index < -0.39 is 30.3 Å². The summed E-state index contributed by atoms with van der Waals surface area (Å²) in [5.74, 6) is -0.838. The molecular formula is C58H85BBr3ClN8NaO14. The first-order valence-corrected chi connectivity index (χ1v) is 29.7. The number of fused-ring (bicyclic) bond motifs is 2. The zero-order valence-electron chi connectivity index (χ0n) is 53.2. The van der Waals surface area contributed by atoms with Crippen LogP contribution in [0.25, 0.3) is 0 Å². The summed E-state index contributed by atoms with van der Waals surface area (Å²) < 4.78 is 27.1. The van der Waals surface area contributed by atoms with Crippen molar-refractivity contribution >= 4 is 138 Å². The van der Waals surface area contributed by atoms with E-state index in [-0.39, 0.29) is 124 Å². The molecule has 0 saturated heterocycles. The summed E-state index contributed by atoms with van der Waals surface area (Å²) in [5, 5.41) is 16.3. The molecule has 5 rings (SSSR count). The van der Waals surface area contributed by atoms with Crippen LogP contribution in [0.4, 0.5) is 41.0 Å². The predicted molar refractivity (Wildman–Crippen MR) is 344 cm³/mol. The number of halogens is 4. The number of carbonyl (C=O) groups excluding carboxylic acids is 9. The van der Waals surface area contributed by atoms with Gasteiger partial charge in [-0.05, 0) is 199 Å². The molecule has 8 amide bonds. The Labute approximate surface area is 562 Å². The number of allylic oxidation sites excluding steroid dienone is 1. The molecular weight excluding hydrogens is 1340 g/mol. The number of anilines is 3. The third-order valence-electron chi connectivity index (χ3n) is 10.2. The second kappa shape index (κ2) is 45.0. The summed E-state index contributed by atoms with van der Waals surface area (Å²) in [4.78, 5) is 101. The second-order valence-corrected chi connectivity index (χ2v) is 23.4. The maximum absolute atomic E-state index is 11.9. The molecule has 0 spiro atoms. The fraction of sp³-hybridized carbons (Fsp3) is 0.500. The van der Waals surface area contributed by atoms with E-state index in [1.54, 1.807) is 60.3 Å². The Kier molecular flexibility index (Phi) is 44.4. The van der Waals surface area contributed by atoms with Crippen molar-refractivity contribution in [2.24, 2.45) is 5.73 Å². The SMILES string of the molecule is C/C=C/C(=O)NC(=O)OC(C)C.CC(=O)Cl.CC(=O)N1c2ccc(Br)cc2[C@H](NC(=O)OC(C)C)C[C@@H]1C.CC(C)OC(=O)NC(=O)C[C@H](C)Nc1ccc(Br)cc1.CC(C)OC(=O)N[C@@H]1C[C@H](C)Nc2ccc(Br)cc21.CC(C)OC(N)=O.[B].[H-].[Na+]. The molecule has 0 bridgehead atoms. The predicted octanol–water partition coefficient (Wildman–Crippen LogP) is 10.1. The quantitative estimate of drug-likeness (QED) is 0.0384. The van der Waals surface area contributed by atoms with Crippen molar-refractivity contribution in [2.45, 2.75) is 191 Å². The fourth-order valence-corrected chi connectivity index (χ4v) is 8.49. The number of primary amides is 1. The molecule has 2 aliphatic heterocycles. The molecule has 473 valence electrons. The summed E-state index contributed by atoms with van der Waals surface area (Å²) in [6, 6.07) is 19.5. The Morgan fingerprint density at radius 3 is 1.50 bits per heavy atom. The van der Waals surface area contributed by atoms with Crippen molar-refractivity contribution < 1.29 is 97.8 Å². The Hall–Kier alpha value is -5.38. The smallest absolute Gasteiger partial charge is 1.00 e. The number of nitrogens with one attached hydrogen (secondary N) is 6. The van der Waals surface area contributed by atoms with E-state index in [9.17, 15) is 43.2 Å². The molecule has 28 heteroatoms. The van der Waals surface area contributed by atoms with E-state index in [1.807, 2.05) is 108 Å². The number of carbonyl (C=O) groups is 9. The van der Waals surface area contributed by atoms with E-state index in [0.29, 0.717) is 12.5 Å². The number of nitrogens with zero attached hydrogens (tertiary/aromatic N) is 1. The number of ether oxygens (including phenoxy) is 5. The largest absolute Gasteiger partial charge is 1.00 e. The van der Waals surface area contributed by atoms with Gasteiger partial charge in [0.15, 0.2) is 0 Å². The molecule has 0 fully saturated rings. The average Bonchev–Trinajstić information content (AvgIpc) is 1.02. The zero-order chi connectivity index (χ0) is 64.6. The van der Waals surface area contributed by atoms with Crippen molar-refractivity contribution in [2.75, 3.05) is 15.5 Å². The van der Waals surface area contributed by atoms with Gasteiger partial charge in [-0.3, -0.25) is 29.8 Å². The zero-order valence-corrected chi connectivity index (χ0v) is 59.7. The van der Waals surface area contributed by atoms with Gasteiger partial charge in [-0.25, -0.2) is 24.0 Å². The summed E-state index contributed by atoms with van der Waals surface area (Å²) in [6.45, 7) is 28.1.